The summed E-state index contributed by atoms with van der Waals surface area (Å²) in [7, 11) is 2.08. The van der Waals surface area contributed by atoms with Gasteiger partial charge in [-0.1, -0.05) is 33.1 Å². The third-order valence-corrected chi connectivity index (χ3v) is 2.24. The van der Waals surface area contributed by atoms with Crippen LogP contribution in [-0.4, -0.2) is 25.2 Å². The highest BCUT2D eigenvalue weighted by Gasteiger charge is 2.03. The van der Waals surface area contributed by atoms with E-state index in [2.05, 4.69) is 25.8 Å². The Hall–Kier alpha value is -0.0800. The minimum atomic E-state index is 0.679. The maximum Gasteiger partial charge on any atom is 0.0452 e. The molecule has 74 valence electrons. The van der Waals surface area contributed by atoms with E-state index in [-0.39, 0.29) is 0 Å². The number of hydrogen-bond donors (Lipinski definition) is 1. The van der Waals surface area contributed by atoms with Crippen LogP contribution in [0.4, 0.5) is 0 Å². The molecule has 0 aromatic rings. The molecule has 0 aliphatic rings. The van der Waals surface area contributed by atoms with Gasteiger partial charge in [0.25, 0.3) is 0 Å². The van der Waals surface area contributed by atoms with Crippen molar-refractivity contribution in [3.8, 4) is 0 Å². The SMILES string of the molecule is CCCCC[C@@H](C)CN(C)CN. The summed E-state index contributed by atoms with van der Waals surface area (Å²) in [5, 5.41) is 0. The molecule has 0 aromatic carbocycles. The van der Waals surface area contributed by atoms with Crippen LogP contribution in [0.3, 0.4) is 0 Å². The standard InChI is InChI=1S/C10H24N2/c1-4-5-6-7-10(2)8-12(3)9-11/h10H,4-9,11H2,1-3H3/t10-/m1/s1. The van der Waals surface area contributed by atoms with Crippen molar-refractivity contribution in [2.24, 2.45) is 11.7 Å². The lowest BCUT2D eigenvalue weighted by Crippen LogP contribution is -2.29. The monoisotopic (exact) mass is 172 g/mol. The lowest BCUT2D eigenvalue weighted by Gasteiger charge is -2.18. The molecule has 0 unspecified atom stereocenters. The first-order chi connectivity index (χ1) is 5.70. The molecular weight excluding hydrogens is 148 g/mol. The van der Waals surface area contributed by atoms with Gasteiger partial charge < -0.3 is 5.73 Å². The quantitative estimate of drug-likeness (QED) is 0.470. The fourth-order valence-electron chi connectivity index (χ4n) is 1.44. The molecule has 0 rings (SSSR count). The second-order valence-corrected chi connectivity index (χ2v) is 3.82. The molecule has 0 fully saturated rings. The Morgan fingerprint density at radius 3 is 2.50 bits per heavy atom. The fourth-order valence-corrected chi connectivity index (χ4v) is 1.44. The van der Waals surface area contributed by atoms with Crippen LogP contribution in [0.25, 0.3) is 0 Å². The van der Waals surface area contributed by atoms with E-state index in [1.165, 1.54) is 25.7 Å². The molecule has 0 amide bonds. The molecule has 2 N–H and O–H groups in total. The van der Waals surface area contributed by atoms with E-state index in [0.717, 1.165) is 12.5 Å². The van der Waals surface area contributed by atoms with Crippen molar-refractivity contribution in [1.82, 2.24) is 4.90 Å². The van der Waals surface area contributed by atoms with Gasteiger partial charge in [0.1, 0.15) is 0 Å². The van der Waals surface area contributed by atoms with E-state index < -0.39 is 0 Å². The fraction of sp³-hybridized carbons (Fsp3) is 1.00. The van der Waals surface area contributed by atoms with Crippen LogP contribution in [0.1, 0.15) is 39.5 Å². The van der Waals surface area contributed by atoms with Gasteiger partial charge >= 0.3 is 0 Å². The van der Waals surface area contributed by atoms with Gasteiger partial charge in [0, 0.05) is 13.2 Å². The molecule has 2 nitrogen and oxygen atoms in total. The number of unbranched alkanes of at least 4 members (excludes halogenated alkanes) is 2. The first kappa shape index (κ1) is 11.9. The molecule has 0 aliphatic heterocycles. The van der Waals surface area contributed by atoms with Gasteiger partial charge in [0.2, 0.25) is 0 Å². The summed E-state index contributed by atoms with van der Waals surface area (Å²) < 4.78 is 0. The van der Waals surface area contributed by atoms with E-state index in [9.17, 15) is 0 Å². The van der Waals surface area contributed by atoms with Gasteiger partial charge in [-0.05, 0) is 19.4 Å². The van der Waals surface area contributed by atoms with Gasteiger partial charge in [-0.15, -0.1) is 0 Å². The first-order valence-electron chi connectivity index (χ1n) is 5.09. The Kier molecular flexibility index (Phi) is 7.51. The third kappa shape index (κ3) is 6.62. The normalized spacial score (nSPS) is 13.8. The Labute approximate surface area is 77.1 Å². The van der Waals surface area contributed by atoms with Crippen LogP contribution >= 0.6 is 0 Å². The summed E-state index contributed by atoms with van der Waals surface area (Å²) >= 11 is 0. The zero-order valence-electron chi connectivity index (χ0n) is 8.84. The van der Waals surface area contributed by atoms with Gasteiger partial charge in [-0.2, -0.15) is 0 Å². The zero-order valence-corrected chi connectivity index (χ0v) is 8.84. The highest BCUT2D eigenvalue weighted by atomic mass is 15.1. The molecule has 0 saturated carbocycles. The molecular formula is C10H24N2. The van der Waals surface area contributed by atoms with Crippen LogP contribution in [0, 0.1) is 5.92 Å². The van der Waals surface area contributed by atoms with Gasteiger partial charge in [0.15, 0.2) is 0 Å². The van der Waals surface area contributed by atoms with E-state index in [4.69, 9.17) is 5.73 Å². The topological polar surface area (TPSA) is 29.3 Å². The lowest BCUT2D eigenvalue weighted by atomic mass is 10.0. The van der Waals surface area contributed by atoms with Gasteiger partial charge in [-0.25, -0.2) is 0 Å². The maximum atomic E-state index is 5.50. The van der Waals surface area contributed by atoms with E-state index in [1.54, 1.807) is 0 Å². The molecule has 0 aliphatic carbocycles. The predicted molar refractivity (Wildman–Crippen MR) is 55.0 cm³/mol. The number of nitrogens with two attached hydrogens (primary N) is 1. The summed E-state index contributed by atoms with van der Waals surface area (Å²) in [5.74, 6) is 0.796. The molecule has 1 atom stereocenters. The molecule has 2 heteroatoms. The van der Waals surface area contributed by atoms with E-state index in [0.29, 0.717) is 6.67 Å². The summed E-state index contributed by atoms with van der Waals surface area (Å²) in [6, 6.07) is 0. The van der Waals surface area contributed by atoms with Crippen molar-refractivity contribution in [2.45, 2.75) is 39.5 Å². The minimum Gasteiger partial charge on any atom is -0.318 e. The highest BCUT2D eigenvalue weighted by molar-refractivity contribution is 4.57. The molecule has 0 spiro atoms. The van der Waals surface area contributed by atoms with Crippen LogP contribution in [0.5, 0.6) is 0 Å². The Morgan fingerprint density at radius 1 is 1.33 bits per heavy atom. The summed E-state index contributed by atoms with van der Waals surface area (Å²) in [6.45, 7) is 6.37. The van der Waals surface area contributed by atoms with Crippen LogP contribution in [0.15, 0.2) is 0 Å². The molecule has 0 heterocycles. The molecule has 0 saturated heterocycles. The Bertz CT molecular complexity index is 93.8. The minimum absolute atomic E-state index is 0.679. The highest BCUT2D eigenvalue weighted by Crippen LogP contribution is 2.09. The molecule has 0 bridgehead atoms. The van der Waals surface area contributed by atoms with Gasteiger partial charge in [-0.3, -0.25) is 4.90 Å². The van der Waals surface area contributed by atoms with Crippen molar-refractivity contribution in [3.63, 3.8) is 0 Å². The van der Waals surface area contributed by atoms with Crippen molar-refractivity contribution >= 4 is 0 Å². The van der Waals surface area contributed by atoms with Crippen LogP contribution in [-0.2, 0) is 0 Å². The number of rotatable bonds is 7. The largest absolute Gasteiger partial charge is 0.318 e. The van der Waals surface area contributed by atoms with E-state index in [1.807, 2.05) is 0 Å². The van der Waals surface area contributed by atoms with Crippen LogP contribution in [0.2, 0.25) is 0 Å². The Morgan fingerprint density at radius 2 is 2.00 bits per heavy atom. The summed E-state index contributed by atoms with van der Waals surface area (Å²) in [4.78, 5) is 2.18. The summed E-state index contributed by atoms with van der Waals surface area (Å²) in [5.41, 5.74) is 5.50. The zero-order chi connectivity index (χ0) is 9.40. The van der Waals surface area contributed by atoms with E-state index >= 15 is 0 Å². The van der Waals surface area contributed by atoms with Crippen molar-refractivity contribution in [2.75, 3.05) is 20.3 Å². The summed E-state index contributed by atoms with van der Waals surface area (Å²) in [6.07, 6.45) is 5.41. The maximum absolute atomic E-state index is 5.50. The average Bonchev–Trinajstić information content (AvgIpc) is 2.05. The second-order valence-electron chi connectivity index (χ2n) is 3.82. The van der Waals surface area contributed by atoms with Crippen LogP contribution < -0.4 is 5.73 Å². The molecule has 0 radical (unpaired) electrons. The molecule has 12 heavy (non-hydrogen) atoms. The average molecular weight is 172 g/mol. The third-order valence-electron chi connectivity index (χ3n) is 2.24. The second kappa shape index (κ2) is 7.56. The number of hydrogen-bond acceptors (Lipinski definition) is 2. The number of nitrogens with zero attached hydrogens (tertiary/aromatic N) is 1. The van der Waals surface area contributed by atoms with Crippen molar-refractivity contribution in [1.29, 1.82) is 0 Å². The smallest absolute Gasteiger partial charge is 0.0452 e. The van der Waals surface area contributed by atoms with Crippen molar-refractivity contribution < 1.29 is 0 Å². The predicted octanol–water partition coefficient (Wildman–Crippen LogP) is 2.05. The first-order valence-corrected chi connectivity index (χ1v) is 5.09. The lowest BCUT2D eigenvalue weighted by molar-refractivity contribution is 0.281. The van der Waals surface area contributed by atoms with Crippen molar-refractivity contribution in [3.05, 3.63) is 0 Å². The van der Waals surface area contributed by atoms with Gasteiger partial charge in [0.05, 0.1) is 0 Å². The molecule has 0 aromatic heterocycles. The Balaban J connectivity index is 3.26.